The third-order valence-corrected chi connectivity index (χ3v) is 1.50. The molecule has 1 rings (SSSR count). The highest BCUT2D eigenvalue weighted by Gasteiger charge is 1.95. The van der Waals surface area contributed by atoms with Crippen LogP contribution in [-0.4, -0.2) is 11.1 Å². The summed E-state index contributed by atoms with van der Waals surface area (Å²) < 4.78 is 12.9. The van der Waals surface area contributed by atoms with Crippen LogP contribution in [0.15, 0.2) is 30.3 Å². The van der Waals surface area contributed by atoms with E-state index < -0.39 is 5.97 Å². The predicted molar refractivity (Wildman–Crippen MR) is 47.7 cm³/mol. The minimum absolute atomic E-state index is 0.0890. The van der Waals surface area contributed by atoms with E-state index in [2.05, 4.69) is 0 Å². The summed E-state index contributed by atoms with van der Waals surface area (Å²) in [4.78, 5) is 10.1. The molecule has 0 spiro atoms. The Morgan fingerprint density at radius 3 is 2.77 bits per heavy atom. The molecule has 0 amide bonds. The molecule has 2 nitrogen and oxygen atoms in total. The van der Waals surface area contributed by atoms with Crippen molar-refractivity contribution in [2.24, 2.45) is 0 Å². The van der Waals surface area contributed by atoms with Crippen LogP contribution in [0.25, 0.3) is 6.08 Å². The Labute approximate surface area is 75.3 Å². The first-order valence-electron chi connectivity index (χ1n) is 3.83. The number of carbonyl (C=O) groups is 1. The lowest BCUT2D eigenvalue weighted by molar-refractivity contribution is -0.135. The molecule has 1 N–H and O–H groups in total. The lowest BCUT2D eigenvalue weighted by Crippen LogP contribution is -1.89. The summed E-state index contributed by atoms with van der Waals surface area (Å²) in [6.45, 7) is 0. The van der Waals surface area contributed by atoms with Gasteiger partial charge in [0.25, 0.3) is 0 Å². The highest BCUT2D eigenvalue weighted by Crippen LogP contribution is 2.08. The number of carboxylic acid groups (broad SMARTS) is 1. The maximum absolute atomic E-state index is 12.9. The summed E-state index contributed by atoms with van der Waals surface area (Å²) in [5, 5.41) is 8.32. The van der Waals surface area contributed by atoms with Gasteiger partial charge >= 0.3 is 5.97 Å². The average Bonchev–Trinajstić information content (AvgIpc) is 2.08. The van der Waals surface area contributed by atoms with Gasteiger partial charge in [0.05, 0.1) is 6.42 Å². The molecule has 0 fully saturated rings. The maximum atomic E-state index is 12.9. The van der Waals surface area contributed by atoms with Crippen molar-refractivity contribution in [1.82, 2.24) is 0 Å². The molecule has 0 saturated carbocycles. The van der Waals surface area contributed by atoms with E-state index in [1.165, 1.54) is 18.2 Å². The van der Waals surface area contributed by atoms with E-state index in [0.717, 1.165) is 0 Å². The summed E-state index contributed by atoms with van der Waals surface area (Å²) in [7, 11) is 0. The van der Waals surface area contributed by atoms with Crippen LogP contribution in [0, 0.1) is 5.82 Å². The van der Waals surface area contributed by atoms with Crippen LogP contribution < -0.4 is 0 Å². The van der Waals surface area contributed by atoms with Crippen LogP contribution in [-0.2, 0) is 4.79 Å². The topological polar surface area (TPSA) is 37.3 Å². The van der Waals surface area contributed by atoms with Gasteiger partial charge in [0, 0.05) is 5.56 Å². The molecule has 0 aromatic heterocycles. The first-order chi connectivity index (χ1) is 6.20. The number of carboxylic acids is 1. The molecule has 0 heterocycles. The van der Waals surface area contributed by atoms with E-state index in [1.54, 1.807) is 18.2 Å². The Bertz CT molecular complexity index is 331. The molecule has 13 heavy (non-hydrogen) atoms. The van der Waals surface area contributed by atoms with Gasteiger partial charge in [-0.2, -0.15) is 0 Å². The number of hydrogen-bond donors (Lipinski definition) is 1. The monoisotopic (exact) mass is 180 g/mol. The molecule has 0 atom stereocenters. The molecule has 68 valence electrons. The van der Waals surface area contributed by atoms with Gasteiger partial charge < -0.3 is 5.11 Å². The summed E-state index contributed by atoms with van der Waals surface area (Å²) >= 11 is 0. The fourth-order valence-corrected chi connectivity index (χ4v) is 0.897. The van der Waals surface area contributed by atoms with Gasteiger partial charge in [-0.3, -0.25) is 4.79 Å². The van der Waals surface area contributed by atoms with Gasteiger partial charge in [0.15, 0.2) is 0 Å². The van der Waals surface area contributed by atoms with Crippen molar-refractivity contribution in [2.75, 3.05) is 0 Å². The van der Waals surface area contributed by atoms with Crippen molar-refractivity contribution in [3.8, 4) is 0 Å². The zero-order valence-corrected chi connectivity index (χ0v) is 6.90. The fourth-order valence-electron chi connectivity index (χ4n) is 0.897. The first-order valence-corrected chi connectivity index (χ1v) is 3.83. The largest absolute Gasteiger partial charge is 0.481 e. The van der Waals surface area contributed by atoms with Crippen molar-refractivity contribution in [2.45, 2.75) is 6.42 Å². The summed E-state index contributed by atoms with van der Waals surface area (Å²) in [6.07, 6.45) is 2.79. The van der Waals surface area contributed by atoms with Crippen LogP contribution >= 0.6 is 0 Å². The molecular formula is C10H9FO2. The van der Waals surface area contributed by atoms with E-state index in [4.69, 9.17) is 5.11 Å². The van der Waals surface area contributed by atoms with Crippen molar-refractivity contribution >= 4 is 12.0 Å². The van der Waals surface area contributed by atoms with Crippen molar-refractivity contribution in [1.29, 1.82) is 0 Å². The average molecular weight is 180 g/mol. The minimum Gasteiger partial charge on any atom is -0.481 e. The second-order valence-electron chi connectivity index (χ2n) is 2.52. The second-order valence-corrected chi connectivity index (χ2v) is 2.52. The van der Waals surface area contributed by atoms with Gasteiger partial charge in [-0.1, -0.05) is 30.4 Å². The molecule has 0 bridgehead atoms. The molecule has 1 aromatic rings. The SMILES string of the molecule is O=C(O)C/C=C/c1ccccc1F. The van der Waals surface area contributed by atoms with Gasteiger partial charge in [0.2, 0.25) is 0 Å². The standard InChI is InChI=1S/C10H9FO2/c11-9-6-2-1-4-8(9)5-3-7-10(12)13/h1-6H,7H2,(H,12,13)/b5-3+. The van der Waals surface area contributed by atoms with Crippen molar-refractivity contribution in [3.63, 3.8) is 0 Å². The molecule has 0 unspecified atom stereocenters. The molecular weight excluding hydrogens is 171 g/mol. The van der Waals surface area contributed by atoms with Crippen LogP contribution in [0.1, 0.15) is 12.0 Å². The first kappa shape index (κ1) is 9.45. The molecule has 0 aliphatic carbocycles. The van der Waals surface area contributed by atoms with E-state index >= 15 is 0 Å². The molecule has 0 saturated heterocycles. The normalized spacial score (nSPS) is 10.5. The van der Waals surface area contributed by atoms with Gasteiger partial charge in [-0.05, 0) is 6.07 Å². The summed E-state index contributed by atoms with van der Waals surface area (Å²) in [6, 6.07) is 6.21. The number of hydrogen-bond acceptors (Lipinski definition) is 1. The Morgan fingerprint density at radius 2 is 2.15 bits per heavy atom. The molecule has 0 radical (unpaired) electrons. The smallest absolute Gasteiger partial charge is 0.307 e. The molecule has 0 aliphatic rings. The number of aliphatic carboxylic acids is 1. The lowest BCUT2D eigenvalue weighted by Gasteiger charge is -1.93. The van der Waals surface area contributed by atoms with E-state index in [1.807, 2.05) is 0 Å². The van der Waals surface area contributed by atoms with Gasteiger partial charge in [0.1, 0.15) is 5.82 Å². The molecule has 0 aliphatic heterocycles. The zero-order valence-electron chi connectivity index (χ0n) is 6.90. The van der Waals surface area contributed by atoms with E-state index in [-0.39, 0.29) is 12.2 Å². The maximum Gasteiger partial charge on any atom is 0.307 e. The van der Waals surface area contributed by atoms with Gasteiger partial charge in [-0.25, -0.2) is 4.39 Å². The Kier molecular flexibility index (Phi) is 3.20. The highest BCUT2D eigenvalue weighted by atomic mass is 19.1. The van der Waals surface area contributed by atoms with E-state index in [9.17, 15) is 9.18 Å². The highest BCUT2D eigenvalue weighted by molar-refractivity contribution is 5.70. The lowest BCUT2D eigenvalue weighted by atomic mass is 10.2. The van der Waals surface area contributed by atoms with Gasteiger partial charge in [-0.15, -0.1) is 0 Å². The fraction of sp³-hybridized carbons (Fsp3) is 0.100. The quantitative estimate of drug-likeness (QED) is 0.774. The zero-order chi connectivity index (χ0) is 9.68. The second kappa shape index (κ2) is 4.40. The Balaban J connectivity index is 2.68. The van der Waals surface area contributed by atoms with Crippen LogP contribution in [0.5, 0.6) is 0 Å². The number of benzene rings is 1. The number of halogens is 1. The third-order valence-electron chi connectivity index (χ3n) is 1.50. The predicted octanol–water partition coefficient (Wildman–Crippen LogP) is 2.31. The van der Waals surface area contributed by atoms with Crippen LogP contribution in [0.4, 0.5) is 4.39 Å². The number of rotatable bonds is 3. The molecule has 1 aromatic carbocycles. The van der Waals surface area contributed by atoms with Crippen LogP contribution in [0.2, 0.25) is 0 Å². The summed E-state index contributed by atoms with van der Waals surface area (Å²) in [5.74, 6) is -1.27. The van der Waals surface area contributed by atoms with Crippen LogP contribution in [0.3, 0.4) is 0 Å². The minimum atomic E-state index is -0.924. The molecule has 3 heteroatoms. The van der Waals surface area contributed by atoms with E-state index in [0.29, 0.717) is 5.56 Å². The third kappa shape index (κ3) is 3.07. The van der Waals surface area contributed by atoms with Crippen molar-refractivity contribution in [3.05, 3.63) is 41.7 Å². The Hall–Kier alpha value is -1.64. The summed E-state index contributed by atoms with van der Waals surface area (Å²) in [5.41, 5.74) is 0.406. The van der Waals surface area contributed by atoms with Crippen molar-refractivity contribution < 1.29 is 14.3 Å². The Morgan fingerprint density at radius 1 is 1.46 bits per heavy atom.